The van der Waals surface area contributed by atoms with Gasteiger partial charge >= 0.3 is 23.9 Å². The molecule has 0 unspecified atom stereocenters. The van der Waals surface area contributed by atoms with Crippen molar-refractivity contribution < 1.29 is 123 Å². The van der Waals surface area contributed by atoms with Gasteiger partial charge in [-0.2, -0.15) is 0 Å². The fraction of sp³-hybridized carbons (Fsp3) is 0. The van der Waals surface area contributed by atoms with Gasteiger partial charge in [0.25, 0.3) is 0 Å². The fourth-order valence-corrected chi connectivity index (χ4v) is 0. The first-order chi connectivity index (χ1) is 0. The summed E-state index contributed by atoms with van der Waals surface area (Å²) in [6.45, 7) is 0. The van der Waals surface area contributed by atoms with Crippen LogP contribution in [0, 0.1) is 0 Å². The van der Waals surface area contributed by atoms with E-state index in [4.69, 9.17) is 0 Å². The minimum atomic E-state index is 0. The summed E-state index contributed by atoms with van der Waals surface area (Å²) in [5.74, 6) is 0. The Labute approximate surface area is 144 Å². The van der Waals surface area contributed by atoms with Crippen LogP contribution in [0.4, 0.5) is 0 Å². The molecule has 0 rings (SSSR count). The largest absolute Gasteiger partial charge is 4.00 e. The number of hydrogen-bond donors (Lipinski definition) is 0. The average Bonchev–Trinajstić information content (AvgIpc) is 0. The molecule has 5 nitrogen and oxygen atoms in total. The molecule has 0 atom stereocenters. The molecular formula is H10I4O5Sn. The molecule has 0 aliphatic heterocycles. The smallest absolute Gasteiger partial charge is 1.00 e. The van der Waals surface area contributed by atoms with Gasteiger partial charge in [0, 0.05) is 0 Å². The van der Waals surface area contributed by atoms with E-state index in [1.165, 1.54) is 0 Å². The summed E-state index contributed by atoms with van der Waals surface area (Å²) in [5, 5.41) is 0. The van der Waals surface area contributed by atoms with Crippen molar-refractivity contribution in [2.45, 2.75) is 0 Å². The molecule has 10 N–H and O–H groups in total. The van der Waals surface area contributed by atoms with Crippen molar-refractivity contribution in [1.82, 2.24) is 0 Å². The first kappa shape index (κ1) is 171. The van der Waals surface area contributed by atoms with Crippen molar-refractivity contribution in [3.63, 3.8) is 0 Å². The van der Waals surface area contributed by atoms with E-state index < -0.39 is 0 Å². The van der Waals surface area contributed by atoms with Gasteiger partial charge in [-0.3, -0.25) is 0 Å². The molecule has 0 aromatic carbocycles. The molecule has 0 spiro atoms. The quantitative estimate of drug-likeness (QED) is 0.173. The third kappa shape index (κ3) is 103. The van der Waals surface area contributed by atoms with Crippen molar-refractivity contribution in [2.75, 3.05) is 0 Å². The first-order valence-corrected chi connectivity index (χ1v) is 0. The molecule has 0 bridgehead atoms. The molecule has 10 heavy (non-hydrogen) atoms. The maximum Gasteiger partial charge on any atom is 4.00 e. The Morgan fingerprint density at radius 3 is 0.300 bits per heavy atom. The molecule has 0 radical (unpaired) electrons. The third-order valence-electron chi connectivity index (χ3n) is 0. The Hall–Kier alpha value is 3.52. The van der Waals surface area contributed by atoms with Crippen molar-refractivity contribution in [3.05, 3.63) is 0 Å². The van der Waals surface area contributed by atoms with Crippen LogP contribution in [0.25, 0.3) is 0 Å². The second-order valence-corrected chi connectivity index (χ2v) is 0. The summed E-state index contributed by atoms with van der Waals surface area (Å²) in [5.41, 5.74) is 0. The Balaban J connectivity index is 0. The Morgan fingerprint density at radius 2 is 0.300 bits per heavy atom. The standard InChI is InChI=1S/4HI.5H2O.Sn/h4*1H;5*1H2;/q;;;;;;;;;+4/p-4. The number of halogens is 4. The Kier molecular flexibility index (Phi) is 2300. The minimum absolute atomic E-state index is 0. The van der Waals surface area contributed by atoms with Crippen molar-refractivity contribution in [2.24, 2.45) is 0 Å². The van der Waals surface area contributed by atoms with Gasteiger partial charge in [0.05, 0.1) is 0 Å². The third-order valence-corrected chi connectivity index (χ3v) is 0. The van der Waals surface area contributed by atoms with Gasteiger partial charge < -0.3 is 123 Å². The van der Waals surface area contributed by atoms with Gasteiger partial charge in [-0.1, -0.05) is 0 Å². The SMILES string of the molecule is O.O.O.O.O.[I-].[I-].[I-].[I-].[Sn+4]. The van der Waals surface area contributed by atoms with Crippen LogP contribution in [-0.4, -0.2) is 51.3 Å². The zero-order valence-electron chi connectivity index (χ0n) is 4.51. The summed E-state index contributed by atoms with van der Waals surface area (Å²) < 4.78 is 0. The second kappa shape index (κ2) is 134. The predicted octanol–water partition coefficient (Wildman–Crippen LogP) is -16.5. The maximum absolute atomic E-state index is 0. The molecule has 0 aliphatic carbocycles. The molecular weight excluding hydrogens is 706 g/mol. The van der Waals surface area contributed by atoms with E-state index in [1.807, 2.05) is 0 Å². The zero-order valence-corrected chi connectivity index (χ0v) is 16.0. The van der Waals surface area contributed by atoms with E-state index in [-0.39, 0.29) is 147 Å². The maximum atomic E-state index is 0. The summed E-state index contributed by atoms with van der Waals surface area (Å²) in [7, 11) is 0. The van der Waals surface area contributed by atoms with Crippen LogP contribution in [-0.2, 0) is 0 Å². The molecule has 0 amide bonds. The van der Waals surface area contributed by atoms with Crippen LogP contribution in [0.2, 0.25) is 0 Å². The number of hydrogen-bond acceptors (Lipinski definition) is 0. The van der Waals surface area contributed by atoms with Crippen LogP contribution < -0.4 is 95.9 Å². The molecule has 0 saturated carbocycles. The van der Waals surface area contributed by atoms with Gasteiger partial charge in [-0.25, -0.2) is 0 Å². The molecule has 0 aliphatic rings. The molecule has 0 saturated heterocycles. The van der Waals surface area contributed by atoms with Crippen LogP contribution in [0.5, 0.6) is 0 Å². The van der Waals surface area contributed by atoms with Crippen molar-refractivity contribution in [1.29, 1.82) is 0 Å². The van der Waals surface area contributed by atoms with Gasteiger partial charge in [0.2, 0.25) is 0 Å². The molecule has 10 heteroatoms. The normalized spacial score (nSPS) is 0. The molecule has 0 aromatic rings. The van der Waals surface area contributed by atoms with Gasteiger partial charge in [0.15, 0.2) is 0 Å². The first-order valence-electron chi connectivity index (χ1n) is 0. The topological polar surface area (TPSA) is 158 Å². The van der Waals surface area contributed by atoms with E-state index >= 15 is 0 Å². The minimum Gasteiger partial charge on any atom is -1.00 e. The summed E-state index contributed by atoms with van der Waals surface area (Å²) in [4.78, 5) is 0. The van der Waals surface area contributed by atoms with E-state index in [9.17, 15) is 0 Å². The van der Waals surface area contributed by atoms with E-state index in [1.54, 1.807) is 0 Å². The molecule has 72 valence electrons. The van der Waals surface area contributed by atoms with E-state index in [0.717, 1.165) is 0 Å². The monoisotopic (exact) mass is 718 g/mol. The van der Waals surface area contributed by atoms with E-state index in [0.29, 0.717) is 0 Å². The van der Waals surface area contributed by atoms with Crippen LogP contribution in [0.3, 0.4) is 0 Å². The van der Waals surface area contributed by atoms with Gasteiger partial charge in [-0.15, -0.1) is 0 Å². The molecule has 0 fully saturated rings. The molecule has 0 aromatic heterocycles. The van der Waals surface area contributed by atoms with Crippen LogP contribution in [0.15, 0.2) is 0 Å². The number of rotatable bonds is 0. The molecule has 0 heterocycles. The Bertz CT molecular complexity index is 13.6. The summed E-state index contributed by atoms with van der Waals surface area (Å²) >= 11 is 0. The summed E-state index contributed by atoms with van der Waals surface area (Å²) in [6, 6.07) is 0. The zero-order chi connectivity index (χ0) is 0. The second-order valence-electron chi connectivity index (χ2n) is 0. The fourth-order valence-electron chi connectivity index (χ4n) is 0. The Morgan fingerprint density at radius 1 is 0.300 bits per heavy atom. The van der Waals surface area contributed by atoms with Crippen molar-refractivity contribution in [3.8, 4) is 0 Å². The predicted molar refractivity (Wildman–Crippen MR) is 23.8 cm³/mol. The average molecular weight is 716 g/mol. The van der Waals surface area contributed by atoms with Gasteiger partial charge in [-0.05, 0) is 0 Å². The summed E-state index contributed by atoms with van der Waals surface area (Å²) in [6.07, 6.45) is 0. The van der Waals surface area contributed by atoms with Crippen LogP contribution >= 0.6 is 0 Å². The van der Waals surface area contributed by atoms with Crippen molar-refractivity contribution >= 4 is 23.9 Å². The van der Waals surface area contributed by atoms with Gasteiger partial charge in [0.1, 0.15) is 0 Å². The van der Waals surface area contributed by atoms with E-state index in [2.05, 4.69) is 0 Å². The van der Waals surface area contributed by atoms with Crippen LogP contribution in [0.1, 0.15) is 0 Å².